The maximum Gasteiger partial charge on any atom is 0.328 e. The number of aromatic amines is 1. The van der Waals surface area contributed by atoms with Crippen LogP contribution in [0, 0.1) is 5.92 Å². The molecule has 0 aliphatic carbocycles. The second kappa shape index (κ2) is 5.68. The van der Waals surface area contributed by atoms with Crippen LogP contribution >= 0.6 is 0 Å². The normalized spacial score (nSPS) is 11.0. The van der Waals surface area contributed by atoms with Crippen molar-refractivity contribution in [3.05, 3.63) is 32.6 Å². The molecule has 0 amide bonds. The summed E-state index contributed by atoms with van der Waals surface area (Å²) in [5, 5.41) is 0. The van der Waals surface area contributed by atoms with Crippen molar-refractivity contribution < 1.29 is 0 Å². The van der Waals surface area contributed by atoms with Gasteiger partial charge in [-0.1, -0.05) is 33.6 Å². The second-order valence-electron chi connectivity index (χ2n) is 4.10. The Morgan fingerprint density at radius 2 is 1.88 bits per heavy atom. The van der Waals surface area contributed by atoms with E-state index < -0.39 is 0 Å². The highest BCUT2D eigenvalue weighted by molar-refractivity contribution is 5.03. The molecule has 1 N–H and O–H groups in total. The van der Waals surface area contributed by atoms with Crippen molar-refractivity contribution in [2.75, 3.05) is 0 Å². The Bertz CT molecular complexity index is 441. The molecule has 0 atom stereocenters. The average molecular weight is 224 g/mol. The molecule has 0 aliphatic heterocycles. The van der Waals surface area contributed by atoms with Gasteiger partial charge in [0.2, 0.25) is 0 Å². The first-order valence-electron chi connectivity index (χ1n) is 5.94. The van der Waals surface area contributed by atoms with Crippen LogP contribution in [0.5, 0.6) is 0 Å². The lowest BCUT2D eigenvalue weighted by atomic mass is 10.0. The maximum absolute atomic E-state index is 11.6. The van der Waals surface area contributed by atoms with E-state index >= 15 is 0 Å². The smallest absolute Gasteiger partial charge is 0.300 e. The molecule has 0 spiro atoms. The average Bonchev–Trinajstić information content (AvgIpc) is 2.28. The van der Waals surface area contributed by atoms with E-state index in [1.165, 1.54) is 0 Å². The third-order valence-corrected chi connectivity index (χ3v) is 3.08. The van der Waals surface area contributed by atoms with E-state index in [2.05, 4.69) is 18.8 Å². The van der Waals surface area contributed by atoms with E-state index in [0.717, 1.165) is 12.8 Å². The SMILES string of the molecule is CCc1cn(CC(CC)CC)c(=O)[nH]c1=O. The van der Waals surface area contributed by atoms with Crippen molar-refractivity contribution in [3.63, 3.8) is 0 Å². The maximum atomic E-state index is 11.6. The Balaban J connectivity index is 3.04. The third-order valence-electron chi connectivity index (χ3n) is 3.08. The van der Waals surface area contributed by atoms with Crippen LogP contribution in [0.2, 0.25) is 0 Å². The van der Waals surface area contributed by atoms with Crippen molar-refractivity contribution >= 4 is 0 Å². The van der Waals surface area contributed by atoms with Crippen LogP contribution in [0.1, 0.15) is 39.2 Å². The molecule has 1 heterocycles. The molecule has 0 aromatic carbocycles. The zero-order valence-corrected chi connectivity index (χ0v) is 10.2. The summed E-state index contributed by atoms with van der Waals surface area (Å²) in [6.45, 7) is 6.84. The van der Waals surface area contributed by atoms with E-state index in [9.17, 15) is 9.59 Å². The van der Waals surface area contributed by atoms with Gasteiger partial charge in [0.25, 0.3) is 5.56 Å². The lowest BCUT2D eigenvalue weighted by Gasteiger charge is -2.14. The van der Waals surface area contributed by atoms with Gasteiger partial charge < -0.3 is 4.57 Å². The lowest BCUT2D eigenvalue weighted by Crippen LogP contribution is -2.33. The quantitative estimate of drug-likeness (QED) is 0.824. The fourth-order valence-corrected chi connectivity index (χ4v) is 1.77. The van der Waals surface area contributed by atoms with Gasteiger partial charge in [-0.2, -0.15) is 0 Å². The first-order valence-corrected chi connectivity index (χ1v) is 5.94. The van der Waals surface area contributed by atoms with Crippen LogP contribution in [-0.2, 0) is 13.0 Å². The minimum atomic E-state index is -0.297. The molecule has 4 nitrogen and oxygen atoms in total. The summed E-state index contributed by atoms with van der Waals surface area (Å²) in [5.74, 6) is 0.494. The highest BCUT2D eigenvalue weighted by Crippen LogP contribution is 2.09. The van der Waals surface area contributed by atoms with Gasteiger partial charge in [0.05, 0.1) is 0 Å². The van der Waals surface area contributed by atoms with Crippen molar-refractivity contribution in [1.82, 2.24) is 9.55 Å². The molecule has 16 heavy (non-hydrogen) atoms. The summed E-state index contributed by atoms with van der Waals surface area (Å²) in [4.78, 5) is 25.3. The highest BCUT2D eigenvalue weighted by atomic mass is 16.2. The Kier molecular flexibility index (Phi) is 4.52. The van der Waals surface area contributed by atoms with Gasteiger partial charge >= 0.3 is 5.69 Å². The standard InChI is InChI=1S/C12H20N2O2/c1-4-9(5-2)7-14-8-10(6-3)11(15)13-12(14)16/h8-9H,4-7H2,1-3H3,(H,13,15,16). The molecular weight excluding hydrogens is 204 g/mol. The van der Waals surface area contributed by atoms with Gasteiger partial charge in [-0.25, -0.2) is 4.79 Å². The molecule has 4 heteroatoms. The minimum absolute atomic E-state index is 0.256. The highest BCUT2D eigenvalue weighted by Gasteiger charge is 2.08. The van der Waals surface area contributed by atoms with Gasteiger partial charge in [0.15, 0.2) is 0 Å². The number of hydrogen-bond acceptors (Lipinski definition) is 2. The summed E-state index contributed by atoms with van der Waals surface area (Å²) >= 11 is 0. The summed E-state index contributed by atoms with van der Waals surface area (Å²) in [7, 11) is 0. The van der Waals surface area contributed by atoms with Crippen LogP contribution in [0.25, 0.3) is 0 Å². The van der Waals surface area contributed by atoms with E-state index in [1.807, 2.05) is 6.92 Å². The summed E-state index contributed by atoms with van der Waals surface area (Å²) in [6, 6.07) is 0. The number of aromatic nitrogens is 2. The fourth-order valence-electron chi connectivity index (χ4n) is 1.77. The van der Waals surface area contributed by atoms with Crippen molar-refractivity contribution in [2.45, 2.75) is 46.6 Å². The Hall–Kier alpha value is -1.32. The van der Waals surface area contributed by atoms with Gasteiger partial charge in [-0.3, -0.25) is 9.78 Å². The Morgan fingerprint density at radius 1 is 1.25 bits per heavy atom. The van der Waals surface area contributed by atoms with Gasteiger partial charge in [-0.15, -0.1) is 0 Å². The number of rotatable bonds is 5. The largest absolute Gasteiger partial charge is 0.328 e. The molecule has 0 aliphatic rings. The second-order valence-corrected chi connectivity index (χ2v) is 4.10. The molecule has 0 fully saturated rings. The Labute approximate surface area is 95.3 Å². The van der Waals surface area contributed by atoms with Crippen LogP contribution in [0.4, 0.5) is 0 Å². The van der Waals surface area contributed by atoms with Crippen molar-refractivity contribution in [3.8, 4) is 0 Å². The molecular formula is C12H20N2O2. The topological polar surface area (TPSA) is 54.9 Å². The van der Waals surface area contributed by atoms with Crippen LogP contribution in [-0.4, -0.2) is 9.55 Å². The van der Waals surface area contributed by atoms with E-state index in [-0.39, 0.29) is 11.2 Å². The van der Waals surface area contributed by atoms with Crippen LogP contribution in [0.15, 0.2) is 15.8 Å². The van der Waals surface area contributed by atoms with Crippen LogP contribution < -0.4 is 11.2 Å². The first-order chi connectivity index (χ1) is 7.62. The molecule has 0 bridgehead atoms. The van der Waals surface area contributed by atoms with E-state index in [1.54, 1.807) is 10.8 Å². The fraction of sp³-hybridized carbons (Fsp3) is 0.667. The summed E-state index contributed by atoms with van der Waals surface area (Å²) < 4.78 is 1.62. The monoisotopic (exact) mass is 224 g/mol. The third kappa shape index (κ3) is 2.84. The summed E-state index contributed by atoms with van der Waals surface area (Å²) in [6.07, 6.45) is 4.44. The molecule has 0 unspecified atom stereocenters. The summed E-state index contributed by atoms with van der Waals surface area (Å²) in [5.41, 5.74) is 0.118. The van der Waals surface area contributed by atoms with E-state index in [4.69, 9.17) is 0 Å². The predicted molar refractivity (Wildman–Crippen MR) is 64.8 cm³/mol. The number of nitrogens with zero attached hydrogens (tertiary/aromatic N) is 1. The lowest BCUT2D eigenvalue weighted by molar-refractivity contribution is 0.406. The van der Waals surface area contributed by atoms with Gasteiger partial charge in [0.1, 0.15) is 0 Å². The van der Waals surface area contributed by atoms with Crippen LogP contribution in [0.3, 0.4) is 0 Å². The minimum Gasteiger partial charge on any atom is -0.300 e. The molecule has 0 saturated heterocycles. The molecule has 90 valence electrons. The predicted octanol–water partition coefficient (Wildman–Crippen LogP) is 1.54. The Morgan fingerprint density at radius 3 is 2.38 bits per heavy atom. The first kappa shape index (κ1) is 12.7. The zero-order chi connectivity index (χ0) is 12.1. The molecule has 1 rings (SSSR count). The van der Waals surface area contributed by atoms with Gasteiger partial charge in [-0.05, 0) is 12.3 Å². The van der Waals surface area contributed by atoms with Crippen molar-refractivity contribution in [2.24, 2.45) is 5.92 Å². The number of hydrogen-bond donors (Lipinski definition) is 1. The van der Waals surface area contributed by atoms with Gasteiger partial charge in [0, 0.05) is 18.3 Å². The molecule has 1 aromatic rings. The molecule has 0 radical (unpaired) electrons. The molecule has 1 aromatic heterocycles. The van der Waals surface area contributed by atoms with Crippen molar-refractivity contribution in [1.29, 1.82) is 0 Å². The number of nitrogens with one attached hydrogen (secondary N) is 1. The zero-order valence-electron chi connectivity index (χ0n) is 10.2. The number of H-pyrrole nitrogens is 1. The van der Waals surface area contributed by atoms with E-state index in [0.29, 0.717) is 24.4 Å². The molecule has 0 saturated carbocycles. The number of aryl methyl sites for hydroxylation is 1.